The summed E-state index contributed by atoms with van der Waals surface area (Å²) >= 11 is 6.07. The predicted octanol–water partition coefficient (Wildman–Crippen LogP) is 4.21. The first kappa shape index (κ1) is 20.5. The Balaban J connectivity index is 1.97. The molecule has 4 rings (SSSR count). The van der Waals surface area contributed by atoms with Crippen molar-refractivity contribution < 1.29 is 22.7 Å². The van der Waals surface area contributed by atoms with E-state index < -0.39 is 16.2 Å². The van der Waals surface area contributed by atoms with E-state index in [-0.39, 0.29) is 4.90 Å². The molecule has 3 aromatic rings. The van der Waals surface area contributed by atoms with Crippen molar-refractivity contribution in [1.29, 1.82) is 0 Å². The molecular formula is C21H19ClN2O5S. The van der Waals surface area contributed by atoms with Crippen LogP contribution in [-0.4, -0.2) is 26.3 Å². The van der Waals surface area contributed by atoms with Crippen LogP contribution in [0.3, 0.4) is 0 Å². The minimum Gasteiger partial charge on any atom is -0.437 e. The Kier molecular flexibility index (Phi) is 5.31. The van der Waals surface area contributed by atoms with E-state index in [1.165, 1.54) is 19.2 Å². The first-order valence-electron chi connectivity index (χ1n) is 9.20. The molecule has 0 bridgehead atoms. The minimum absolute atomic E-state index is 0.00137. The number of ether oxygens (including phenoxy) is 2. The van der Waals surface area contributed by atoms with Gasteiger partial charge in [0.2, 0.25) is 15.9 Å². The molecule has 0 aliphatic carbocycles. The second-order valence-electron chi connectivity index (χ2n) is 6.89. The summed E-state index contributed by atoms with van der Waals surface area (Å²) in [7, 11) is -2.58. The number of halogens is 1. The number of nitrogens with two attached hydrogens (primary N) is 1. The Morgan fingerprint density at radius 2 is 1.63 bits per heavy atom. The molecule has 9 heteroatoms. The van der Waals surface area contributed by atoms with E-state index in [1.807, 2.05) is 16.7 Å². The van der Waals surface area contributed by atoms with Crippen molar-refractivity contribution in [2.45, 2.75) is 24.3 Å². The average molecular weight is 447 g/mol. The second kappa shape index (κ2) is 7.79. The zero-order chi connectivity index (χ0) is 21.5. The molecular weight excluding hydrogens is 428 g/mol. The molecule has 156 valence electrons. The molecule has 2 N–H and O–H groups in total. The van der Waals surface area contributed by atoms with Crippen molar-refractivity contribution in [3.8, 4) is 28.1 Å². The van der Waals surface area contributed by atoms with E-state index in [2.05, 4.69) is 0 Å². The first-order chi connectivity index (χ1) is 14.3. The van der Waals surface area contributed by atoms with Crippen molar-refractivity contribution >= 4 is 27.8 Å². The summed E-state index contributed by atoms with van der Waals surface area (Å²) in [5.41, 5.74) is 4.22. The molecule has 0 spiro atoms. The molecule has 2 heterocycles. The number of carbonyl (C=O) groups is 1. The van der Waals surface area contributed by atoms with Crippen molar-refractivity contribution in [1.82, 2.24) is 4.57 Å². The van der Waals surface area contributed by atoms with Gasteiger partial charge in [-0.1, -0.05) is 35.9 Å². The van der Waals surface area contributed by atoms with Crippen LogP contribution in [0.5, 0.6) is 5.88 Å². The van der Waals surface area contributed by atoms with Gasteiger partial charge in [-0.3, -0.25) is 0 Å². The summed E-state index contributed by atoms with van der Waals surface area (Å²) in [6.45, 7) is 0.692. The zero-order valence-electron chi connectivity index (χ0n) is 16.1. The fraction of sp³-hybridized carbons (Fsp3) is 0.190. The van der Waals surface area contributed by atoms with Crippen LogP contribution in [0.4, 0.5) is 4.79 Å². The van der Waals surface area contributed by atoms with Crippen molar-refractivity contribution in [2.24, 2.45) is 5.14 Å². The Morgan fingerprint density at radius 1 is 1.03 bits per heavy atom. The van der Waals surface area contributed by atoms with E-state index in [0.717, 1.165) is 29.7 Å². The molecule has 0 saturated heterocycles. The number of primary sulfonamides is 1. The highest BCUT2D eigenvalue weighted by atomic mass is 35.5. The van der Waals surface area contributed by atoms with Gasteiger partial charge < -0.3 is 14.0 Å². The number of sulfonamides is 1. The van der Waals surface area contributed by atoms with Gasteiger partial charge in [-0.2, -0.15) is 0 Å². The number of methoxy groups -OCH3 is 1. The summed E-state index contributed by atoms with van der Waals surface area (Å²) in [4.78, 5) is 12.0. The summed E-state index contributed by atoms with van der Waals surface area (Å²) in [6.07, 6.45) is 0.898. The Labute approximate surface area is 179 Å². The maximum atomic E-state index is 12.0. The molecule has 1 aliphatic rings. The lowest BCUT2D eigenvalue weighted by Gasteiger charge is -2.11. The Hall–Kier alpha value is -2.81. The molecule has 0 unspecified atom stereocenters. The fourth-order valence-electron chi connectivity index (χ4n) is 3.78. The standard InChI is InChI=1S/C21H19ClN2O5S/c1-28-21(25)29-20-19(14-6-10-16(11-7-14)30(23,26)27)18(17-3-2-12-24(17)20)13-4-8-15(22)9-5-13/h4-11H,2-3,12H2,1H3,(H2,23,26,27). The highest BCUT2D eigenvalue weighted by Crippen LogP contribution is 2.47. The minimum atomic E-state index is -3.82. The number of hydrogen-bond donors (Lipinski definition) is 1. The van der Waals surface area contributed by atoms with Gasteiger partial charge in [0.25, 0.3) is 0 Å². The number of carbonyl (C=O) groups excluding carboxylic acids is 1. The van der Waals surface area contributed by atoms with E-state index in [1.54, 1.807) is 24.3 Å². The van der Waals surface area contributed by atoms with Crippen LogP contribution >= 0.6 is 11.6 Å². The molecule has 0 amide bonds. The lowest BCUT2D eigenvalue weighted by atomic mass is 9.95. The topological polar surface area (TPSA) is 101 Å². The summed E-state index contributed by atoms with van der Waals surface area (Å²) in [5.74, 6) is 0.364. The summed E-state index contributed by atoms with van der Waals surface area (Å²) < 4.78 is 35.5. The quantitative estimate of drug-likeness (QED) is 0.605. The molecule has 0 fully saturated rings. The van der Waals surface area contributed by atoms with Gasteiger partial charge in [-0.25, -0.2) is 18.4 Å². The van der Waals surface area contributed by atoms with Crippen LogP contribution in [-0.2, 0) is 27.7 Å². The normalized spacial score (nSPS) is 13.2. The molecule has 1 aromatic heterocycles. The number of hydrogen-bond acceptors (Lipinski definition) is 5. The van der Waals surface area contributed by atoms with Gasteiger partial charge in [-0.15, -0.1) is 0 Å². The van der Waals surface area contributed by atoms with Crippen LogP contribution in [0, 0.1) is 0 Å². The highest BCUT2D eigenvalue weighted by Gasteiger charge is 2.30. The number of fused-ring (bicyclic) bond motifs is 1. The van der Waals surface area contributed by atoms with Gasteiger partial charge in [0.05, 0.1) is 17.6 Å². The maximum absolute atomic E-state index is 12.0. The smallest absolute Gasteiger partial charge is 0.437 e. The van der Waals surface area contributed by atoms with Crippen molar-refractivity contribution in [3.05, 3.63) is 59.2 Å². The largest absolute Gasteiger partial charge is 0.514 e. The predicted molar refractivity (Wildman–Crippen MR) is 113 cm³/mol. The molecule has 7 nitrogen and oxygen atoms in total. The lowest BCUT2D eigenvalue weighted by Crippen LogP contribution is -2.12. The van der Waals surface area contributed by atoms with Gasteiger partial charge in [-0.05, 0) is 48.2 Å². The lowest BCUT2D eigenvalue weighted by molar-refractivity contribution is 0.118. The van der Waals surface area contributed by atoms with Gasteiger partial charge >= 0.3 is 6.16 Å². The molecule has 0 saturated carbocycles. The Morgan fingerprint density at radius 3 is 2.23 bits per heavy atom. The zero-order valence-corrected chi connectivity index (χ0v) is 17.7. The van der Waals surface area contributed by atoms with E-state index in [4.69, 9.17) is 26.2 Å². The van der Waals surface area contributed by atoms with Crippen LogP contribution in [0.25, 0.3) is 22.3 Å². The Bertz CT molecular complexity index is 1220. The highest BCUT2D eigenvalue weighted by molar-refractivity contribution is 7.89. The van der Waals surface area contributed by atoms with Crippen molar-refractivity contribution in [2.75, 3.05) is 7.11 Å². The van der Waals surface area contributed by atoms with Crippen LogP contribution in [0.15, 0.2) is 53.4 Å². The van der Waals surface area contributed by atoms with E-state index >= 15 is 0 Å². The van der Waals surface area contributed by atoms with E-state index in [0.29, 0.717) is 28.6 Å². The summed E-state index contributed by atoms with van der Waals surface area (Å²) in [5, 5.41) is 5.83. The van der Waals surface area contributed by atoms with Gasteiger partial charge in [0.1, 0.15) is 0 Å². The molecule has 2 aromatic carbocycles. The fourth-order valence-corrected chi connectivity index (χ4v) is 4.42. The molecule has 0 atom stereocenters. The van der Waals surface area contributed by atoms with E-state index in [9.17, 15) is 13.2 Å². The monoisotopic (exact) mass is 446 g/mol. The molecule has 0 radical (unpaired) electrons. The number of benzene rings is 2. The third-order valence-corrected chi connectivity index (χ3v) is 6.25. The van der Waals surface area contributed by atoms with Crippen LogP contribution in [0.2, 0.25) is 5.02 Å². The van der Waals surface area contributed by atoms with Crippen LogP contribution < -0.4 is 9.88 Å². The van der Waals surface area contributed by atoms with Crippen LogP contribution in [0.1, 0.15) is 12.1 Å². The first-order valence-corrected chi connectivity index (χ1v) is 11.1. The second-order valence-corrected chi connectivity index (χ2v) is 8.89. The number of rotatable bonds is 4. The molecule has 1 aliphatic heterocycles. The maximum Gasteiger partial charge on any atom is 0.514 e. The number of aromatic nitrogens is 1. The summed E-state index contributed by atoms with van der Waals surface area (Å²) in [6, 6.07) is 13.6. The third-order valence-electron chi connectivity index (χ3n) is 5.07. The SMILES string of the molecule is COC(=O)Oc1c(-c2ccc(S(N)(=O)=O)cc2)c(-c2ccc(Cl)cc2)c2n1CCC2. The third kappa shape index (κ3) is 3.69. The van der Waals surface area contributed by atoms with Gasteiger partial charge in [0, 0.05) is 22.8 Å². The van der Waals surface area contributed by atoms with Crippen molar-refractivity contribution in [3.63, 3.8) is 0 Å². The number of nitrogens with zero attached hydrogens (tertiary/aromatic N) is 1. The molecule has 30 heavy (non-hydrogen) atoms. The van der Waals surface area contributed by atoms with Gasteiger partial charge in [0.15, 0.2) is 0 Å². The average Bonchev–Trinajstić information content (AvgIpc) is 3.30.